The Hall–Kier alpha value is -1.11. The van der Waals surface area contributed by atoms with E-state index < -0.39 is 42.7 Å². The van der Waals surface area contributed by atoms with E-state index >= 15 is 0 Å². The largest absolute Gasteiger partial charge is 0.469 e. The molecule has 7 heteroatoms. The van der Waals surface area contributed by atoms with Gasteiger partial charge in [-0.15, -0.1) is 0 Å². The van der Waals surface area contributed by atoms with Crippen LogP contribution in [0.2, 0.25) is 0 Å². The number of hydrogen-bond donors (Lipinski definition) is 0. The Kier molecular flexibility index (Phi) is 5.75. The van der Waals surface area contributed by atoms with Gasteiger partial charge >= 0.3 is 11.9 Å². The second-order valence-electron chi connectivity index (χ2n) is 9.34. The minimum absolute atomic E-state index is 0.0568. The van der Waals surface area contributed by atoms with E-state index in [1.807, 2.05) is 13.8 Å². The molecule has 3 atom stereocenters. The number of methoxy groups -OCH3 is 1. The Labute approximate surface area is 151 Å². The zero-order valence-corrected chi connectivity index (χ0v) is 17.6. The van der Waals surface area contributed by atoms with Gasteiger partial charge in [0.15, 0.2) is 15.1 Å². The summed E-state index contributed by atoms with van der Waals surface area (Å²) in [6.45, 7) is 13.6. The summed E-state index contributed by atoms with van der Waals surface area (Å²) in [5.74, 6) is -1.77. The number of carbonyl (C=O) groups excluding carboxylic acids is 2. The van der Waals surface area contributed by atoms with Crippen LogP contribution in [0.1, 0.15) is 61.8 Å². The molecule has 0 heterocycles. The molecule has 0 bridgehead atoms. The highest BCUT2D eigenvalue weighted by atomic mass is 32.2. The van der Waals surface area contributed by atoms with Crippen molar-refractivity contribution in [1.82, 2.24) is 0 Å². The summed E-state index contributed by atoms with van der Waals surface area (Å²) in [6.07, 6.45) is 0.0568. The quantitative estimate of drug-likeness (QED) is 0.686. The van der Waals surface area contributed by atoms with Crippen molar-refractivity contribution in [3.05, 3.63) is 0 Å². The molecule has 0 saturated heterocycles. The summed E-state index contributed by atoms with van der Waals surface area (Å²) in [5, 5.41) is -1.30. The second kappa shape index (κ2) is 6.56. The van der Waals surface area contributed by atoms with Gasteiger partial charge in [0, 0.05) is 0 Å². The van der Waals surface area contributed by atoms with Crippen molar-refractivity contribution in [2.75, 3.05) is 7.11 Å². The summed E-state index contributed by atoms with van der Waals surface area (Å²) in [5.41, 5.74) is -1.19. The highest BCUT2D eigenvalue weighted by Gasteiger charge is 2.64. The van der Waals surface area contributed by atoms with Gasteiger partial charge in [0.25, 0.3) is 0 Å². The minimum atomic E-state index is -3.80. The Morgan fingerprint density at radius 3 is 1.92 bits per heavy atom. The maximum Gasteiger partial charge on any atom is 0.324 e. The van der Waals surface area contributed by atoms with Gasteiger partial charge in [-0.3, -0.25) is 9.59 Å². The number of sulfone groups is 1. The molecule has 1 fully saturated rings. The van der Waals surface area contributed by atoms with Crippen LogP contribution in [0.3, 0.4) is 0 Å². The fourth-order valence-electron chi connectivity index (χ4n) is 3.15. The molecule has 0 N–H and O–H groups in total. The standard InChI is InChI=1S/C18H32O6S/c1-16(2,3)24-14(19)12(25(21,22)17(4,5)6)10-11-13(15(20)23-9)18(11,7)8/h11-13H,10H2,1-9H3. The van der Waals surface area contributed by atoms with Crippen LogP contribution in [0.15, 0.2) is 0 Å². The van der Waals surface area contributed by atoms with Crippen LogP contribution in [0, 0.1) is 17.3 Å². The van der Waals surface area contributed by atoms with E-state index in [0.717, 1.165) is 0 Å². The second-order valence-corrected chi connectivity index (χ2v) is 12.2. The number of ether oxygens (including phenoxy) is 2. The van der Waals surface area contributed by atoms with Gasteiger partial charge < -0.3 is 9.47 Å². The van der Waals surface area contributed by atoms with Crippen molar-refractivity contribution in [1.29, 1.82) is 0 Å². The first-order valence-corrected chi connectivity index (χ1v) is 10.1. The highest BCUT2D eigenvalue weighted by Crippen LogP contribution is 2.61. The third-order valence-corrected chi connectivity index (χ3v) is 7.71. The van der Waals surface area contributed by atoms with Crippen LogP contribution in [0.4, 0.5) is 0 Å². The van der Waals surface area contributed by atoms with E-state index in [2.05, 4.69) is 0 Å². The van der Waals surface area contributed by atoms with E-state index in [1.165, 1.54) is 7.11 Å². The lowest BCUT2D eigenvalue weighted by atomic mass is 10.1. The van der Waals surface area contributed by atoms with Gasteiger partial charge in [-0.05, 0) is 59.3 Å². The molecule has 1 aliphatic rings. The van der Waals surface area contributed by atoms with Crippen LogP contribution in [0.25, 0.3) is 0 Å². The van der Waals surface area contributed by atoms with Gasteiger partial charge in [0.05, 0.1) is 17.8 Å². The molecule has 0 aromatic rings. The van der Waals surface area contributed by atoms with Crippen molar-refractivity contribution >= 4 is 21.8 Å². The third-order valence-electron chi connectivity index (χ3n) is 4.87. The van der Waals surface area contributed by atoms with Crippen molar-refractivity contribution in [3.63, 3.8) is 0 Å². The van der Waals surface area contributed by atoms with E-state index in [-0.39, 0.29) is 18.3 Å². The van der Waals surface area contributed by atoms with Crippen LogP contribution in [-0.4, -0.2) is 43.1 Å². The van der Waals surface area contributed by atoms with Crippen LogP contribution in [-0.2, 0) is 28.9 Å². The molecular weight excluding hydrogens is 344 g/mol. The molecule has 0 radical (unpaired) electrons. The minimum Gasteiger partial charge on any atom is -0.469 e. The predicted octanol–water partition coefficient (Wildman–Crippen LogP) is 2.75. The summed E-state index contributed by atoms with van der Waals surface area (Å²) in [4.78, 5) is 24.6. The first-order valence-electron chi connectivity index (χ1n) is 8.51. The third kappa shape index (κ3) is 4.54. The van der Waals surface area contributed by atoms with Gasteiger partial charge in [0.1, 0.15) is 5.60 Å². The smallest absolute Gasteiger partial charge is 0.324 e. The summed E-state index contributed by atoms with van der Waals surface area (Å²) in [7, 11) is -2.49. The van der Waals surface area contributed by atoms with Crippen LogP contribution in [0.5, 0.6) is 0 Å². The fraction of sp³-hybridized carbons (Fsp3) is 0.889. The molecule has 1 aliphatic carbocycles. The molecule has 1 rings (SSSR count). The molecule has 0 aromatic carbocycles. The van der Waals surface area contributed by atoms with Crippen LogP contribution < -0.4 is 0 Å². The molecule has 0 aliphatic heterocycles. The zero-order valence-electron chi connectivity index (χ0n) is 16.8. The Morgan fingerprint density at radius 2 is 1.56 bits per heavy atom. The molecule has 0 aromatic heterocycles. The SMILES string of the molecule is COC(=O)C1C(CC(C(=O)OC(C)(C)C)S(=O)(=O)C(C)(C)C)C1(C)C. The number of hydrogen-bond acceptors (Lipinski definition) is 6. The van der Waals surface area contributed by atoms with E-state index in [9.17, 15) is 18.0 Å². The normalized spacial score (nSPS) is 24.4. The lowest BCUT2D eigenvalue weighted by Crippen LogP contribution is -2.45. The fourth-order valence-corrected chi connectivity index (χ4v) is 4.77. The van der Waals surface area contributed by atoms with Crippen molar-refractivity contribution < 1.29 is 27.5 Å². The average molecular weight is 377 g/mol. The van der Waals surface area contributed by atoms with E-state index in [1.54, 1.807) is 41.5 Å². The molecule has 1 saturated carbocycles. The number of carbonyl (C=O) groups is 2. The van der Waals surface area contributed by atoms with Crippen LogP contribution >= 0.6 is 0 Å². The molecular formula is C18H32O6S. The van der Waals surface area contributed by atoms with Gasteiger partial charge in [-0.25, -0.2) is 8.42 Å². The van der Waals surface area contributed by atoms with Crippen molar-refractivity contribution in [3.8, 4) is 0 Å². The van der Waals surface area contributed by atoms with E-state index in [4.69, 9.17) is 9.47 Å². The molecule has 3 unspecified atom stereocenters. The first-order chi connectivity index (χ1) is 11.0. The number of rotatable bonds is 5. The molecule has 146 valence electrons. The molecule has 25 heavy (non-hydrogen) atoms. The summed E-state index contributed by atoms with van der Waals surface area (Å²) in [6, 6.07) is 0. The monoisotopic (exact) mass is 376 g/mol. The van der Waals surface area contributed by atoms with Gasteiger partial charge in [0.2, 0.25) is 0 Å². The topological polar surface area (TPSA) is 86.7 Å². The van der Waals surface area contributed by atoms with Crippen molar-refractivity contribution in [2.45, 2.75) is 77.4 Å². The Balaban J connectivity index is 3.18. The van der Waals surface area contributed by atoms with Crippen molar-refractivity contribution in [2.24, 2.45) is 17.3 Å². The first kappa shape index (κ1) is 21.9. The molecule has 6 nitrogen and oxygen atoms in total. The average Bonchev–Trinajstić information content (AvgIpc) is 2.92. The van der Waals surface area contributed by atoms with Gasteiger partial charge in [-0.2, -0.15) is 0 Å². The lowest BCUT2D eigenvalue weighted by Gasteiger charge is -2.29. The maximum absolute atomic E-state index is 13.0. The Morgan fingerprint density at radius 1 is 1.08 bits per heavy atom. The molecule has 0 spiro atoms. The highest BCUT2D eigenvalue weighted by molar-refractivity contribution is 7.94. The number of esters is 2. The zero-order chi connectivity index (χ0) is 20.0. The summed E-state index contributed by atoms with van der Waals surface area (Å²) >= 11 is 0. The Bertz CT molecular complexity index is 633. The summed E-state index contributed by atoms with van der Waals surface area (Å²) < 4.78 is 35.0. The van der Waals surface area contributed by atoms with Gasteiger partial charge in [-0.1, -0.05) is 13.8 Å². The molecule has 0 amide bonds. The maximum atomic E-state index is 13.0. The van der Waals surface area contributed by atoms with E-state index in [0.29, 0.717) is 0 Å². The predicted molar refractivity (Wildman–Crippen MR) is 95.7 cm³/mol. The lowest BCUT2D eigenvalue weighted by molar-refractivity contribution is -0.154.